The maximum absolute atomic E-state index is 5.66. The van der Waals surface area contributed by atoms with E-state index in [2.05, 4.69) is 24.3 Å². The first-order chi connectivity index (χ1) is 10.2. The summed E-state index contributed by atoms with van der Waals surface area (Å²) in [5.41, 5.74) is 0.889. The van der Waals surface area contributed by atoms with Crippen molar-refractivity contribution in [3.05, 3.63) is 41.8 Å². The lowest BCUT2D eigenvalue weighted by Gasteiger charge is -2.05. The molecule has 0 aliphatic carbocycles. The Morgan fingerprint density at radius 2 is 2.05 bits per heavy atom. The van der Waals surface area contributed by atoms with Gasteiger partial charge in [-0.3, -0.25) is 0 Å². The van der Waals surface area contributed by atoms with Gasteiger partial charge in [-0.1, -0.05) is 25.1 Å². The zero-order valence-corrected chi connectivity index (χ0v) is 12.8. The topological polar surface area (TPSA) is 56.5 Å². The van der Waals surface area contributed by atoms with E-state index in [0.717, 1.165) is 23.7 Å². The number of nitrogens with one attached hydrogen (secondary N) is 1. The normalized spacial score (nSPS) is 10.9. The van der Waals surface area contributed by atoms with Crippen LogP contribution in [0.2, 0.25) is 0 Å². The molecule has 0 amide bonds. The van der Waals surface area contributed by atoms with E-state index >= 15 is 0 Å². The molecule has 21 heavy (non-hydrogen) atoms. The van der Waals surface area contributed by atoms with Crippen molar-refractivity contribution in [2.24, 2.45) is 5.92 Å². The molecule has 0 spiro atoms. The summed E-state index contributed by atoms with van der Waals surface area (Å²) in [6, 6.07) is 9.38. The third-order valence-electron chi connectivity index (χ3n) is 2.89. The standard InChI is InChI=1S/C16H22N2O3/c1-12(2)9-17-10-13-7-16(21-18-13)11-20-15-6-4-5-14(8-15)19-3/h4-8,12,17H,9-11H2,1-3H3. The van der Waals surface area contributed by atoms with Crippen LogP contribution in [0.5, 0.6) is 11.5 Å². The molecule has 5 heteroatoms. The molecule has 5 nitrogen and oxygen atoms in total. The molecule has 0 aliphatic heterocycles. The fourth-order valence-electron chi connectivity index (χ4n) is 1.84. The Morgan fingerprint density at radius 3 is 2.81 bits per heavy atom. The van der Waals surface area contributed by atoms with Crippen LogP contribution in [0.4, 0.5) is 0 Å². The van der Waals surface area contributed by atoms with Gasteiger partial charge in [-0.15, -0.1) is 0 Å². The lowest BCUT2D eigenvalue weighted by Crippen LogP contribution is -2.19. The van der Waals surface area contributed by atoms with E-state index in [1.807, 2.05) is 30.3 Å². The van der Waals surface area contributed by atoms with Gasteiger partial charge < -0.3 is 19.3 Å². The first-order valence-corrected chi connectivity index (χ1v) is 7.09. The summed E-state index contributed by atoms with van der Waals surface area (Å²) in [7, 11) is 1.63. The first-order valence-electron chi connectivity index (χ1n) is 7.09. The molecule has 114 valence electrons. The average Bonchev–Trinajstić information content (AvgIpc) is 2.93. The smallest absolute Gasteiger partial charge is 0.174 e. The Hall–Kier alpha value is -2.01. The summed E-state index contributed by atoms with van der Waals surface area (Å²) in [5.74, 6) is 2.83. The number of aromatic nitrogens is 1. The number of hydrogen-bond donors (Lipinski definition) is 1. The van der Waals surface area contributed by atoms with Gasteiger partial charge in [0.15, 0.2) is 5.76 Å². The van der Waals surface area contributed by atoms with Crippen LogP contribution in [-0.2, 0) is 13.2 Å². The van der Waals surface area contributed by atoms with Crippen molar-refractivity contribution < 1.29 is 14.0 Å². The van der Waals surface area contributed by atoms with Crippen molar-refractivity contribution in [1.29, 1.82) is 0 Å². The van der Waals surface area contributed by atoms with Gasteiger partial charge in [0.1, 0.15) is 18.1 Å². The molecule has 0 atom stereocenters. The van der Waals surface area contributed by atoms with Crippen LogP contribution < -0.4 is 14.8 Å². The van der Waals surface area contributed by atoms with Gasteiger partial charge in [-0.2, -0.15) is 0 Å². The van der Waals surface area contributed by atoms with Crippen LogP contribution in [0.3, 0.4) is 0 Å². The molecule has 2 rings (SSSR count). The quantitative estimate of drug-likeness (QED) is 0.810. The van der Waals surface area contributed by atoms with Gasteiger partial charge in [0, 0.05) is 18.7 Å². The fraction of sp³-hybridized carbons (Fsp3) is 0.438. The van der Waals surface area contributed by atoms with Crippen molar-refractivity contribution >= 4 is 0 Å². The van der Waals surface area contributed by atoms with Crippen LogP contribution in [0.1, 0.15) is 25.3 Å². The Bertz CT molecular complexity index is 552. The van der Waals surface area contributed by atoms with Gasteiger partial charge in [0.25, 0.3) is 0 Å². The van der Waals surface area contributed by atoms with Crippen molar-refractivity contribution in [3.63, 3.8) is 0 Å². The molecule has 0 saturated heterocycles. The average molecular weight is 290 g/mol. The number of nitrogens with zero attached hydrogens (tertiary/aromatic N) is 1. The molecule has 0 aliphatic rings. The SMILES string of the molecule is COc1cccc(OCc2cc(CNCC(C)C)no2)c1. The molecule has 0 fully saturated rings. The lowest BCUT2D eigenvalue weighted by molar-refractivity contribution is 0.247. The molecule has 1 aromatic carbocycles. The van der Waals surface area contributed by atoms with Crippen LogP contribution in [-0.4, -0.2) is 18.8 Å². The highest BCUT2D eigenvalue weighted by molar-refractivity contribution is 5.32. The van der Waals surface area contributed by atoms with Crippen LogP contribution in [0.25, 0.3) is 0 Å². The van der Waals surface area contributed by atoms with E-state index < -0.39 is 0 Å². The largest absolute Gasteiger partial charge is 0.497 e. The van der Waals surface area contributed by atoms with Gasteiger partial charge in [-0.25, -0.2) is 0 Å². The minimum absolute atomic E-state index is 0.352. The fourth-order valence-corrected chi connectivity index (χ4v) is 1.84. The van der Waals surface area contributed by atoms with E-state index in [-0.39, 0.29) is 0 Å². The summed E-state index contributed by atoms with van der Waals surface area (Å²) in [6.07, 6.45) is 0. The lowest BCUT2D eigenvalue weighted by atomic mass is 10.2. The summed E-state index contributed by atoms with van der Waals surface area (Å²) in [4.78, 5) is 0. The van der Waals surface area contributed by atoms with Crippen LogP contribution >= 0.6 is 0 Å². The van der Waals surface area contributed by atoms with E-state index in [0.29, 0.717) is 24.8 Å². The number of hydrogen-bond acceptors (Lipinski definition) is 5. The van der Waals surface area contributed by atoms with Crippen molar-refractivity contribution in [2.45, 2.75) is 27.0 Å². The number of benzene rings is 1. The Balaban J connectivity index is 1.82. The second kappa shape index (κ2) is 7.69. The zero-order valence-electron chi connectivity index (χ0n) is 12.8. The van der Waals surface area contributed by atoms with E-state index in [9.17, 15) is 0 Å². The van der Waals surface area contributed by atoms with E-state index in [1.165, 1.54) is 0 Å². The predicted molar refractivity (Wildman–Crippen MR) is 80.4 cm³/mol. The summed E-state index contributed by atoms with van der Waals surface area (Å²) < 4.78 is 16.1. The maximum Gasteiger partial charge on any atom is 0.174 e. The second-order valence-corrected chi connectivity index (χ2v) is 5.28. The molecule has 1 N–H and O–H groups in total. The van der Waals surface area contributed by atoms with Gasteiger partial charge >= 0.3 is 0 Å². The van der Waals surface area contributed by atoms with Crippen molar-refractivity contribution in [1.82, 2.24) is 10.5 Å². The number of methoxy groups -OCH3 is 1. The molecule has 1 heterocycles. The molecular formula is C16H22N2O3. The highest BCUT2D eigenvalue weighted by Gasteiger charge is 2.06. The minimum Gasteiger partial charge on any atom is -0.497 e. The van der Waals surface area contributed by atoms with Gasteiger partial charge in [0.2, 0.25) is 0 Å². The van der Waals surface area contributed by atoms with E-state index in [4.69, 9.17) is 14.0 Å². The molecule has 1 aromatic heterocycles. The predicted octanol–water partition coefficient (Wildman–Crippen LogP) is 3.01. The summed E-state index contributed by atoms with van der Waals surface area (Å²) in [5, 5.41) is 7.34. The van der Waals surface area contributed by atoms with Crippen molar-refractivity contribution in [2.75, 3.05) is 13.7 Å². The molecule has 2 aromatic rings. The minimum atomic E-state index is 0.352. The Labute approximate surface area is 125 Å². The van der Waals surface area contributed by atoms with E-state index in [1.54, 1.807) is 7.11 Å². The molecule has 0 unspecified atom stereocenters. The summed E-state index contributed by atoms with van der Waals surface area (Å²) >= 11 is 0. The maximum atomic E-state index is 5.66. The molecular weight excluding hydrogens is 268 g/mol. The first kappa shape index (κ1) is 15.4. The summed E-state index contributed by atoms with van der Waals surface area (Å²) in [6.45, 7) is 6.36. The third kappa shape index (κ3) is 5.11. The Kier molecular flexibility index (Phi) is 5.63. The molecule has 0 saturated carbocycles. The third-order valence-corrected chi connectivity index (χ3v) is 2.89. The number of ether oxygens (including phenoxy) is 2. The number of rotatable bonds is 8. The van der Waals surface area contributed by atoms with Crippen molar-refractivity contribution in [3.8, 4) is 11.5 Å². The second-order valence-electron chi connectivity index (χ2n) is 5.28. The van der Waals surface area contributed by atoms with Gasteiger partial charge in [0.05, 0.1) is 12.8 Å². The molecule has 0 bridgehead atoms. The Morgan fingerprint density at radius 1 is 1.24 bits per heavy atom. The molecule has 0 radical (unpaired) electrons. The zero-order chi connectivity index (χ0) is 15.1. The monoisotopic (exact) mass is 290 g/mol. The highest BCUT2D eigenvalue weighted by atomic mass is 16.5. The van der Waals surface area contributed by atoms with Gasteiger partial charge in [-0.05, 0) is 24.6 Å². The highest BCUT2D eigenvalue weighted by Crippen LogP contribution is 2.20. The van der Waals surface area contributed by atoms with Crippen LogP contribution in [0, 0.1) is 5.92 Å². The van der Waals surface area contributed by atoms with Crippen LogP contribution in [0.15, 0.2) is 34.9 Å².